The van der Waals surface area contributed by atoms with Crippen LogP contribution in [-0.2, 0) is 0 Å². The average Bonchev–Trinajstić information content (AvgIpc) is 2.55. The van der Waals surface area contributed by atoms with Crippen LogP contribution in [0.4, 0.5) is 0 Å². The molecule has 0 aliphatic rings. The molecule has 0 spiro atoms. The molecule has 0 atom stereocenters. The van der Waals surface area contributed by atoms with Crippen LogP contribution in [0.1, 0.15) is 125 Å². The molecule has 0 saturated carbocycles. The quantitative estimate of drug-likeness (QED) is 0.212. The maximum atomic E-state index is 2.76. The highest BCUT2D eigenvalue weighted by Crippen LogP contribution is 2.12. The summed E-state index contributed by atoms with van der Waals surface area (Å²) in [6, 6.07) is 0. The van der Waals surface area contributed by atoms with E-state index in [1.165, 1.54) is 110 Å². The Bertz CT molecular complexity index is 232. The van der Waals surface area contributed by atoms with Crippen molar-refractivity contribution in [3.8, 4) is 0 Å². The zero-order chi connectivity index (χ0) is 18.8. The van der Waals surface area contributed by atoms with Crippen molar-refractivity contribution in [2.45, 2.75) is 125 Å². The molecular weight excluding hydrogens is 302 g/mol. The summed E-state index contributed by atoms with van der Waals surface area (Å²) in [5.41, 5.74) is 0. The first-order valence-electron chi connectivity index (χ1n) is 11.8. The first kappa shape index (κ1) is 25.0. The van der Waals surface area contributed by atoms with Gasteiger partial charge in [-0.3, -0.25) is 0 Å². The van der Waals surface area contributed by atoms with E-state index in [2.05, 4.69) is 39.5 Å². The van der Waals surface area contributed by atoms with Crippen LogP contribution < -0.4 is 0 Å². The highest BCUT2D eigenvalue weighted by atomic mass is 15.1. The molecule has 0 unspecified atom stereocenters. The minimum absolute atomic E-state index is 0.856. The first-order valence-corrected chi connectivity index (χ1v) is 11.8. The molecule has 0 aromatic rings. The SMILES string of the molecule is CCCCCCCCCCCCN(CCCC(C)C)CCCC(C)C. The second kappa shape index (κ2) is 18.7. The van der Waals surface area contributed by atoms with Gasteiger partial charge in [0.2, 0.25) is 0 Å². The second-order valence-electron chi connectivity index (χ2n) is 9.10. The summed E-state index contributed by atoms with van der Waals surface area (Å²) in [5, 5.41) is 0. The van der Waals surface area contributed by atoms with E-state index in [-0.39, 0.29) is 0 Å². The lowest BCUT2D eigenvalue weighted by Gasteiger charge is -2.23. The molecule has 1 heteroatoms. The fraction of sp³-hybridized carbons (Fsp3) is 1.00. The van der Waals surface area contributed by atoms with Crippen LogP contribution in [0.5, 0.6) is 0 Å². The third-order valence-corrected chi connectivity index (χ3v) is 5.34. The fourth-order valence-corrected chi connectivity index (χ4v) is 3.60. The minimum atomic E-state index is 0.856. The molecular formula is C24H51N. The van der Waals surface area contributed by atoms with Gasteiger partial charge in [0.15, 0.2) is 0 Å². The molecule has 0 aromatic heterocycles. The largest absolute Gasteiger partial charge is 0.303 e. The Kier molecular flexibility index (Phi) is 18.7. The monoisotopic (exact) mass is 353 g/mol. The van der Waals surface area contributed by atoms with E-state index >= 15 is 0 Å². The summed E-state index contributed by atoms with van der Waals surface area (Å²) in [6.45, 7) is 15.7. The predicted molar refractivity (Wildman–Crippen MR) is 116 cm³/mol. The Labute approximate surface area is 161 Å². The Hall–Kier alpha value is -0.0400. The highest BCUT2D eigenvalue weighted by Gasteiger charge is 2.06. The van der Waals surface area contributed by atoms with Gasteiger partial charge < -0.3 is 4.90 Å². The van der Waals surface area contributed by atoms with Crippen LogP contribution in [0.25, 0.3) is 0 Å². The number of hydrogen-bond acceptors (Lipinski definition) is 1. The zero-order valence-electron chi connectivity index (χ0n) is 18.6. The van der Waals surface area contributed by atoms with Crippen molar-refractivity contribution < 1.29 is 0 Å². The van der Waals surface area contributed by atoms with Crippen LogP contribution in [0, 0.1) is 11.8 Å². The van der Waals surface area contributed by atoms with Crippen molar-refractivity contribution in [1.29, 1.82) is 0 Å². The molecule has 0 bridgehead atoms. The van der Waals surface area contributed by atoms with Gasteiger partial charge in [-0.05, 0) is 63.6 Å². The summed E-state index contributed by atoms with van der Waals surface area (Å²) in [5.74, 6) is 1.71. The molecule has 0 amide bonds. The summed E-state index contributed by atoms with van der Waals surface area (Å²) < 4.78 is 0. The topological polar surface area (TPSA) is 3.24 Å². The van der Waals surface area contributed by atoms with Gasteiger partial charge in [0, 0.05) is 0 Å². The van der Waals surface area contributed by atoms with E-state index in [1.807, 2.05) is 0 Å². The lowest BCUT2D eigenvalue weighted by atomic mass is 10.1. The van der Waals surface area contributed by atoms with E-state index in [0.717, 1.165) is 11.8 Å². The van der Waals surface area contributed by atoms with E-state index in [0.29, 0.717) is 0 Å². The summed E-state index contributed by atoms with van der Waals surface area (Å²) in [4.78, 5) is 2.76. The number of hydrogen-bond donors (Lipinski definition) is 0. The standard InChI is InChI=1S/C24H51N/c1-6-7-8-9-10-11-12-13-14-15-20-25(21-16-18-23(2)3)22-17-19-24(4)5/h23-24H,6-22H2,1-5H3. The molecule has 0 aromatic carbocycles. The third kappa shape index (κ3) is 20.1. The molecule has 0 aliphatic carbocycles. The van der Waals surface area contributed by atoms with Crippen LogP contribution in [-0.4, -0.2) is 24.5 Å². The second-order valence-corrected chi connectivity index (χ2v) is 9.10. The van der Waals surface area contributed by atoms with Gasteiger partial charge in [-0.2, -0.15) is 0 Å². The van der Waals surface area contributed by atoms with Crippen LogP contribution >= 0.6 is 0 Å². The molecule has 0 N–H and O–H groups in total. The van der Waals surface area contributed by atoms with Crippen LogP contribution in [0.3, 0.4) is 0 Å². The zero-order valence-corrected chi connectivity index (χ0v) is 18.6. The van der Waals surface area contributed by atoms with Crippen molar-refractivity contribution >= 4 is 0 Å². The fourth-order valence-electron chi connectivity index (χ4n) is 3.60. The van der Waals surface area contributed by atoms with Crippen molar-refractivity contribution in [1.82, 2.24) is 4.90 Å². The van der Waals surface area contributed by atoms with Gasteiger partial charge in [0.25, 0.3) is 0 Å². The summed E-state index contributed by atoms with van der Waals surface area (Å²) in [6.07, 6.45) is 20.0. The van der Waals surface area contributed by atoms with Gasteiger partial charge in [-0.25, -0.2) is 0 Å². The van der Waals surface area contributed by atoms with E-state index in [9.17, 15) is 0 Å². The Balaban J connectivity index is 3.66. The van der Waals surface area contributed by atoms with Gasteiger partial charge in [0.05, 0.1) is 0 Å². The number of nitrogens with zero attached hydrogens (tertiary/aromatic N) is 1. The molecule has 25 heavy (non-hydrogen) atoms. The van der Waals surface area contributed by atoms with Gasteiger partial charge in [0.1, 0.15) is 0 Å². The molecule has 0 fully saturated rings. The number of unbranched alkanes of at least 4 members (excludes halogenated alkanes) is 9. The molecule has 1 nitrogen and oxygen atoms in total. The lowest BCUT2D eigenvalue weighted by Crippen LogP contribution is -2.27. The minimum Gasteiger partial charge on any atom is -0.303 e. The molecule has 0 heterocycles. The lowest BCUT2D eigenvalue weighted by molar-refractivity contribution is 0.248. The third-order valence-electron chi connectivity index (χ3n) is 5.34. The predicted octanol–water partition coefficient (Wildman–Crippen LogP) is 8.08. The molecule has 0 aliphatic heterocycles. The highest BCUT2D eigenvalue weighted by molar-refractivity contribution is 4.61. The number of rotatable bonds is 19. The van der Waals surface area contributed by atoms with Crippen molar-refractivity contribution in [2.75, 3.05) is 19.6 Å². The summed E-state index contributed by atoms with van der Waals surface area (Å²) in [7, 11) is 0. The first-order chi connectivity index (χ1) is 12.1. The van der Waals surface area contributed by atoms with Crippen LogP contribution in [0.2, 0.25) is 0 Å². The molecule has 0 saturated heterocycles. The maximum Gasteiger partial charge on any atom is -0.00186 e. The van der Waals surface area contributed by atoms with E-state index in [4.69, 9.17) is 0 Å². The summed E-state index contributed by atoms with van der Waals surface area (Å²) >= 11 is 0. The average molecular weight is 354 g/mol. The Morgan fingerprint density at radius 3 is 1.24 bits per heavy atom. The van der Waals surface area contributed by atoms with Crippen molar-refractivity contribution in [3.63, 3.8) is 0 Å². The Morgan fingerprint density at radius 1 is 0.480 bits per heavy atom. The Morgan fingerprint density at radius 2 is 0.840 bits per heavy atom. The normalized spacial score (nSPS) is 12.0. The van der Waals surface area contributed by atoms with Gasteiger partial charge in [-0.15, -0.1) is 0 Å². The van der Waals surface area contributed by atoms with Gasteiger partial charge in [-0.1, -0.05) is 92.4 Å². The van der Waals surface area contributed by atoms with Crippen molar-refractivity contribution in [2.24, 2.45) is 11.8 Å². The molecule has 0 rings (SSSR count). The maximum absolute atomic E-state index is 2.76. The van der Waals surface area contributed by atoms with Crippen molar-refractivity contribution in [3.05, 3.63) is 0 Å². The van der Waals surface area contributed by atoms with E-state index in [1.54, 1.807) is 0 Å². The van der Waals surface area contributed by atoms with E-state index < -0.39 is 0 Å². The van der Waals surface area contributed by atoms with Crippen LogP contribution in [0.15, 0.2) is 0 Å². The van der Waals surface area contributed by atoms with Gasteiger partial charge >= 0.3 is 0 Å². The smallest absolute Gasteiger partial charge is 0.00186 e. The molecule has 152 valence electrons. The molecule has 0 radical (unpaired) electrons.